The molecule has 1 aliphatic rings. The van der Waals surface area contributed by atoms with Gasteiger partial charge in [0.2, 0.25) is 0 Å². The van der Waals surface area contributed by atoms with Crippen molar-refractivity contribution in [2.45, 2.75) is 104 Å². The Morgan fingerprint density at radius 3 is 1.88 bits per heavy atom. The van der Waals surface area contributed by atoms with Crippen molar-refractivity contribution in [2.75, 3.05) is 20.1 Å². The van der Waals surface area contributed by atoms with Crippen molar-refractivity contribution in [3.63, 3.8) is 0 Å². The van der Waals surface area contributed by atoms with Gasteiger partial charge in [-0.1, -0.05) is 13.8 Å². The molecule has 0 aromatic heterocycles. The maximum absolute atomic E-state index is 3.94. The molecule has 1 heterocycles. The molecular formula is C20H45N3S. The van der Waals surface area contributed by atoms with E-state index < -0.39 is 0 Å². The Kier molecular flexibility index (Phi) is 9.34. The predicted octanol–water partition coefficient (Wildman–Crippen LogP) is 4.14. The number of hydrogen-bond donors (Lipinski definition) is 2. The average Bonchev–Trinajstić information content (AvgIpc) is 2.34. The lowest BCUT2D eigenvalue weighted by Gasteiger charge is -2.48. The zero-order chi connectivity index (χ0) is 17.9. The molecule has 0 aliphatic carbocycles. The predicted molar refractivity (Wildman–Crippen MR) is 113 cm³/mol. The molecule has 0 unspecified atom stereocenters. The molecule has 4 heteroatoms. The maximum atomic E-state index is 3.94. The quantitative estimate of drug-likeness (QED) is 0.682. The highest BCUT2D eigenvalue weighted by Crippen LogP contribution is 2.31. The highest BCUT2D eigenvalue weighted by atomic mass is 32.1. The molecule has 1 saturated heterocycles. The first-order valence-corrected chi connectivity index (χ1v) is 9.58. The summed E-state index contributed by atoms with van der Waals surface area (Å²) in [5.74, 6) is 0.724. The molecule has 1 fully saturated rings. The minimum absolute atomic E-state index is 0. The van der Waals surface area contributed by atoms with Gasteiger partial charge in [-0.05, 0) is 80.2 Å². The number of nitrogens with one attached hydrogen (secondary N) is 2. The minimum atomic E-state index is 0. The van der Waals surface area contributed by atoms with Crippen LogP contribution in [-0.2, 0) is 0 Å². The summed E-state index contributed by atoms with van der Waals surface area (Å²) < 4.78 is 0. The summed E-state index contributed by atoms with van der Waals surface area (Å²) in [5, 5.41) is 7.37. The van der Waals surface area contributed by atoms with Crippen LogP contribution in [0.4, 0.5) is 0 Å². The first kappa shape index (κ1) is 24.2. The van der Waals surface area contributed by atoms with E-state index >= 15 is 0 Å². The van der Waals surface area contributed by atoms with E-state index in [1.54, 1.807) is 0 Å². The third kappa shape index (κ3) is 8.07. The van der Waals surface area contributed by atoms with E-state index in [0.717, 1.165) is 5.92 Å². The van der Waals surface area contributed by atoms with E-state index in [1.165, 1.54) is 38.8 Å². The molecule has 1 aliphatic heterocycles. The topological polar surface area (TPSA) is 27.3 Å². The van der Waals surface area contributed by atoms with Crippen molar-refractivity contribution >= 4 is 13.5 Å². The molecule has 0 atom stereocenters. The number of piperidine rings is 1. The standard InChI is InChI=1S/C20H43N3.H2S/c1-16(2)14-18(3,4)22-19(5,6)15-20(7,8)23-12-10-17(21-9)11-13-23;/h16-17,21-22H,10-15H2,1-9H3;1H2. The smallest absolute Gasteiger partial charge is 0.0170 e. The average molecular weight is 360 g/mol. The molecule has 0 aromatic carbocycles. The molecule has 0 saturated carbocycles. The lowest BCUT2D eigenvalue weighted by molar-refractivity contribution is 0.0500. The minimum Gasteiger partial charge on any atom is -0.317 e. The number of hydrogen-bond acceptors (Lipinski definition) is 3. The third-order valence-electron chi connectivity index (χ3n) is 5.23. The summed E-state index contributed by atoms with van der Waals surface area (Å²) in [6.45, 7) is 21.3. The molecule has 0 radical (unpaired) electrons. The van der Waals surface area contributed by atoms with Crippen molar-refractivity contribution in [1.82, 2.24) is 15.5 Å². The number of likely N-dealkylation sites (tertiary alicyclic amines) is 1. The molecule has 0 bridgehead atoms. The van der Waals surface area contributed by atoms with Gasteiger partial charge in [0.25, 0.3) is 0 Å². The second-order valence-corrected chi connectivity index (χ2v) is 10.0. The van der Waals surface area contributed by atoms with Gasteiger partial charge < -0.3 is 10.6 Å². The fraction of sp³-hybridized carbons (Fsp3) is 1.00. The summed E-state index contributed by atoms with van der Waals surface area (Å²) in [6, 6.07) is 0.707. The fourth-order valence-electron chi connectivity index (χ4n) is 5.00. The molecule has 24 heavy (non-hydrogen) atoms. The highest BCUT2D eigenvalue weighted by Gasteiger charge is 2.37. The number of nitrogens with zero attached hydrogens (tertiary/aromatic N) is 1. The van der Waals surface area contributed by atoms with Gasteiger partial charge in [-0.25, -0.2) is 0 Å². The lowest BCUT2D eigenvalue weighted by atomic mass is 9.81. The Hall–Kier alpha value is 0.230. The third-order valence-corrected chi connectivity index (χ3v) is 5.23. The molecular weight excluding hydrogens is 314 g/mol. The van der Waals surface area contributed by atoms with Crippen molar-refractivity contribution < 1.29 is 0 Å². The first-order chi connectivity index (χ1) is 10.4. The van der Waals surface area contributed by atoms with Gasteiger partial charge >= 0.3 is 0 Å². The van der Waals surface area contributed by atoms with Crippen molar-refractivity contribution in [1.29, 1.82) is 0 Å². The van der Waals surface area contributed by atoms with Gasteiger partial charge in [0, 0.05) is 35.7 Å². The van der Waals surface area contributed by atoms with Crippen molar-refractivity contribution in [3.8, 4) is 0 Å². The van der Waals surface area contributed by atoms with Crippen LogP contribution in [0.1, 0.15) is 81.1 Å². The Balaban J connectivity index is 0.00000529. The van der Waals surface area contributed by atoms with Crippen LogP contribution in [0.15, 0.2) is 0 Å². The van der Waals surface area contributed by atoms with Gasteiger partial charge in [-0.2, -0.15) is 13.5 Å². The van der Waals surface area contributed by atoms with Crippen LogP contribution in [0.3, 0.4) is 0 Å². The van der Waals surface area contributed by atoms with Gasteiger partial charge in [0.1, 0.15) is 0 Å². The molecule has 0 spiro atoms. The molecule has 1 rings (SSSR count). The van der Waals surface area contributed by atoms with Crippen LogP contribution in [-0.4, -0.2) is 47.7 Å². The van der Waals surface area contributed by atoms with E-state index in [0.29, 0.717) is 6.04 Å². The monoisotopic (exact) mass is 359 g/mol. The van der Waals surface area contributed by atoms with E-state index in [9.17, 15) is 0 Å². The summed E-state index contributed by atoms with van der Waals surface area (Å²) in [4.78, 5) is 2.69. The Bertz CT molecular complexity index is 356. The summed E-state index contributed by atoms with van der Waals surface area (Å²) in [7, 11) is 2.09. The van der Waals surface area contributed by atoms with Gasteiger partial charge in [0.15, 0.2) is 0 Å². The van der Waals surface area contributed by atoms with E-state index in [2.05, 4.69) is 78.0 Å². The Morgan fingerprint density at radius 1 is 0.958 bits per heavy atom. The Labute approximate surface area is 159 Å². The maximum Gasteiger partial charge on any atom is 0.0170 e. The Morgan fingerprint density at radius 2 is 1.46 bits per heavy atom. The van der Waals surface area contributed by atoms with Crippen molar-refractivity contribution in [2.24, 2.45) is 5.92 Å². The molecule has 146 valence electrons. The van der Waals surface area contributed by atoms with E-state index in [-0.39, 0.29) is 30.1 Å². The highest BCUT2D eigenvalue weighted by molar-refractivity contribution is 7.59. The second kappa shape index (κ2) is 9.25. The molecule has 0 amide bonds. The zero-order valence-corrected chi connectivity index (χ0v) is 18.8. The van der Waals surface area contributed by atoms with Crippen LogP contribution >= 0.6 is 13.5 Å². The molecule has 3 nitrogen and oxygen atoms in total. The SMILES string of the molecule is CNC1CCN(C(C)(C)CC(C)(C)NC(C)(C)CC(C)C)CC1.S. The zero-order valence-electron chi connectivity index (χ0n) is 17.8. The van der Waals surface area contributed by atoms with Crippen LogP contribution in [0.5, 0.6) is 0 Å². The summed E-state index contributed by atoms with van der Waals surface area (Å²) in [5.41, 5.74) is 0.567. The fourth-order valence-corrected chi connectivity index (χ4v) is 5.00. The van der Waals surface area contributed by atoms with Gasteiger partial charge in [0.05, 0.1) is 0 Å². The first-order valence-electron chi connectivity index (χ1n) is 9.58. The second-order valence-electron chi connectivity index (χ2n) is 10.0. The van der Waals surface area contributed by atoms with Gasteiger partial charge in [-0.3, -0.25) is 4.90 Å². The lowest BCUT2D eigenvalue weighted by Crippen LogP contribution is -2.59. The largest absolute Gasteiger partial charge is 0.317 e. The summed E-state index contributed by atoms with van der Waals surface area (Å²) >= 11 is 0. The number of rotatable bonds is 8. The van der Waals surface area contributed by atoms with Crippen molar-refractivity contribution in [3.05, 3.63) is 0 Å². The van der Waals surface area contributed by atoms with Crippen LogP contribution < -0.4 is 10.6 Å². The van der Waals surface area contributed by atoms with Crippen LogP contribution in [0, 0.1) is 5.92 Å². The van der Waals surface area contributed by atoms with Gasteiger partial charge in [-0.15, -0.1) is 0 Å². The van der Waals surface area contributed by atoms with E-state index in [4.69, 9.17) is 0 Å². The van der Waals surface area contributed by atoms with Crippen LogP contribution in [0.2, 0.25) is 0 Å². The van der Waals surface area contributed by atoms with E-state index in [1.807, 2.05) is 0 Å². The normalized spacial score (nSPS) is 18.8. The molecule has 2 N–H and O–H groups in total. The molecule has 0 aromatic rings. The summed E-state index contributed by atoms with van der Waals surface area (Å²) in [6.07, 6.45) is 4.93. The van der Waals surface area contributed by atoms with Crippen LogP contribution in [0.25, 0.3) is 0 Å².